The van der Waals surface area contributed by atoms with E-state index >= 15 is 0 Å². The molecule has 2 fully saturated rings. The number of carbonyl (C=O) groups is 1. The van der Waals surface area contributed by atoms with E-state index in [1.807, 2.05) is 5.06 Å². The third kappa shape index (κ3) is 6.53. The van der Waals surface area contributed by atoms with Crippen molar-refractivity contribution in [1.29, 1.82) is 0 Å². The molecular weight excluding hydrogens is 400 g/mol. The molecule has 2 aliphatic heterocycles. The van der Waals surface area contributed by atoms with Gasteiger partial charge in [-0.3, -0.25) is 14.5 Å². The summed E-state index contributed by atoms with van der Waals surface area (Å²) >= 11 is 0. The molecule has 0 aromatic heterocycles. The summed E-state index contributed by atoms with van der Waals surface area (Å²) in [6.07, 6.45) is 7.51. The Morgan fingerprint density at radius 1 is 1.06 bits per heavy atom. The van der Waals surface area contributed by atoms with Crippen LogP contribution in [0.4, 0.5) is 0 Å². The maximum absolute atomic E-state index is 13.1. The second-order valence-electron chi connectivity index (χ2n) is 10.2. The predicted molar refractivity (Wildman–Crippen MR) is 128 cm³/mol. The number of benzene rings is 1. The molecule has 2 heterocycles. The Bertz CT molecular complexity index is 701. The van der Waals surface area contributed by atoms with E-state index in [-0.39, 0.29) is 0 Å². The Morgan fingerprint density at radius 2 is 1.78 bits per heavy atom. The number of carbonyl (C=O) groups excluding carboxylic acids is 1. The Labute approximate surface area is 194 Å². The summed E-state index contributed by atoms with van der Waals surface area (Å²) in [5.41, 5.74) is 3.08. The van der Waals surface area contributed by atoms with E-state index in [4.69, 9.17) is 4.84 Å². The first kappa shape index (κ1) is 23.7. The first-order chi connectivity index (χ1) is 15.6. The second-order valence-corrected chi connectivity index (χ2v) is 10.2. The van der Waals surface area contributed by atoms with E-state index in [2.05, 4.69) is 53.1 Å². The normalized spacial score (nSPS) is 20.8. The zero-order valence-electron chi connectivity index (χ0n) is 20.2. The van der Waals surface area contributed by atoms with E-state index in [9.17, 15) is 4.79 Å². The number of fused-ring (bicyclic) bond motifs is 1. The molecule has 0 atom stereocenters. The van der Waals surface area contributed by atoms with Crippen molar-refractivity contribution in [2.75, 3.05) is 66.5 Å². The van der Waals surface area contributed by atoms with Crippen molar-refractivity contribution in [3.05, 3.63) is 35.4 Å². The van der Waals surface area contributed by atoms with E-state index in [0.717, 1.165) is 52.2 Å². The quantitative estimate of drug-likeness (QED) is 0.557. The Morgan fingerprint density at radius 3 is 2.41 bits per heavy atom. The van der Waals surface area contributed by atoms with Crippen LogP contribution in [0, 0.1) is 5.92 Å². The number of nitrogens with zero attached hydrogens (tertiary/aromatic N) is 4. The summed E-state index contributed by atoms with van der Waals surface area (Å²) in [5, 5.41) is 1.97. The molecule has 0 spiro atoms. The molecule has 1 aromatic carbocycles. The van der Waals surface area contributed by atoms with Crippen LogP contribution in [-0.4, -0.2) is 98.2 Å². The zero-order chi connectivity index (χ0) is 22.3. The lowest BCUT2D eigenvalue weighted by molar-refractivity contribution is -0.139. The molecule has 0 unspecified atom stereocenters. The van der Waals surface area contributed by atoms with E-state index in [1.54, 1.807) is 11.1 Å². The average Bonchev–Trinajstić information content (AvgIpc) is 3.47. The fraction of sp³-hybridized carbons (Fsp3) is 0.731. The summed E-state index contributed by atoms with van der Waals surface area (Å²) < 4.78 is 0. The maximum atomic E-state index is 13.1. The van der Waals surface area contributed by atoms with Gasteiger partial charge in [-0.05, 0) is 89.3 Å². The van der Waals surface area contributed by atoms with Gasteiger partial charge in [0.2, 0.25) is 5.91 Å². The molecule has 0 bridgehead atoms. The van der Waals surface area contributed by atoms with Gasteiger partial charge >= 0.3 is 0 Å². The molecule has 1 amide bonds. The molecule has 0 saturated carbocycles. The van der Waals surface area contributed by atoms with Crippen molar-refractivity contribution in [3.8, 4) is 0 Å². The molecule has 6 nitrogen and oxygen atoms in total. The largest absolute Gasteiger partial charge is 0.342 e. The Hall–Kier alpha value is -1.47. The maximum Gasteiger partial charge on any atom is 0.223 e. The average molecular weight is 443 g/mol. The summed E-state index contributed by atoms with van der Waals surface area (Å²) in [4.78, 5) is 25.7. The minimum atomic E-state index is 0.299. The van der Waals surface area contributed by atoms with Gasteiger partial charge in [0.05, 0.1) is 6.61 Å². The number of amides is 1. The first-order valence-corrected chi connectivity index (χ1v) is 12.7. The van der Waals surface area contributed by atoms with Gasteiger partial charge in [0.25, 0.3) is 0 Å². The standard InChI is InChI=1S/C26H42N4O2/c1-27(2)12-5-13-29(26(31)11-17-30-14-6-18-32-30)21-22-9-15-28(16-10-22)25-19-23-7-3-4-8-24(23)20-25/h3-4,7-8,22,25H,5-6,9-21H2,1-2H3. The number of hydrogen-bond acceptors (Lipinski definition) is 5. The van der Waals surface area contributed by atoms with Crippen molar-refractivity contribution in [2.45, 2.75) is 51.0 Å². The third-order valence-electron chi connectivity index (χ3n) is 7.46. The molecular formula is C26H42N4O2. The molecule has 0 N–H and O–H groups in total. The van der Waals surface area contributed by atoms with Gasteiger partial charge in [0, 0.05) is 38.6 Å². The van der Waals surface area contributed by atoms with E-state index in [0.29, 0.717) is 24.3 Å². The lowest BCUT2D eigenvalue weighted by atomic mass is 9.94. The molecule has 3 aliphatic rings. The lowest BCUT2D eigenvalue weighted by Gasteiger charge is -2.38. The van der Waals surface area contributed by atoms with Gasteiger partial charge in [-0.25, -0.2) is 0 Å². The van der Waals surface area contributed by atoms with E-state index < -0.39 is 0 Å². The molecule has 1 aromatic rings. The Kier molecular flexibility index (Phi) is 8.58. The fourth-order valence-corrected chi connectivity index (χ4v) is 5.56. The second kappa shape index (κ2) is 11.6. The van der Waals surface area contributed by atoms with Crippen LogP contribution in [0.15, 0.2) is 24.3 Å². The smallest absolute Gasteiger partial charge is 0.223 e. The fourth-order valence-electron chi connectivity index (χ4n) is 5.56. The minimum Gasteiger partial charge on any atom is -0.342 e. The SMILES string of the molecule is CN(C)CCCN(CC1CCN(C2Cc3ccccc3C2)CC1)C(=O)CCN1CCCO1. The molecule has 6 heteroatoms. The molecule has 4 rings (SSSR count). The monoisotopic (exact) mass is 442 g/mol. The van der Waals surface area contributed by atoms with Crippen LogP contribution in [0.1, 0.15) is 43.2 Å². The van der Waals surface area contributed by atoms with Crippen LogP contribution < -0.4 is 0 Å². The summed E-state index contributed by atoms with van der Waals surface area (Å²) in [6, 6.07) is 9.61. The number of hydroxylamine groups is 2. The van der Waals surface area contributed by atoms with Crippen molar-refractivity contribution in [2.24, 2.45) is 5.92 Å². The highest BCUT2D eigenvalue weighted by Crippen LogP contribution is 2.29. The van der Waals surface area contributed by atoms with Gasteiger partial charge < -0.3 is 9.80 Å². The van der Waals surface area contributed by atoms with Crippen molar-refractivity contribution >= 4 is 5.91 Å². The highest BCUT2D eigenvalue weighted by Gasteiger charge is 2.31. The highest BCUT2D eigenvalue weighted by molar-refractivity contribution is 5.76. The highest BCUT2D eigenvalue weighted by atomic mass is 16.7. The topological polar surface area (TPSA) is 39.3 Å². The number of piperidine rings is 1. The van der Waals surface area contributed by atoms with Crippen molar-refractivity contribution < 1.29 is 9.63 Å². The van der Waals surface area contributed by atoms with Crippen LogP contribution in [0.5, 0.6) is 0 Å². The van der Waals surface area contributed by atoms with Gasteiger partial charge in [-0.15, -0.1) is 0 Å². The van der Waals surface area contributed by atoms with Crippen LogP contribution in [0.2, 0.25) is 0 Å². The zero-order valence-corrected chi connectivity index (χ0v) is 20.2. The van der Waals surface area contributed by atoms with Gasteiger partial charge in [0.1, 0.15) is 0 Å². The van der Waals surface area contributed by atoms with Crippen LogP contribution in [0.3, 0.4) is 0 Å². The van der Waals surface area contributed by atoms with Gasteiger partial charge in [-0.1, -0.05) is 24.3 Å². The number of rotatable bonds is 10. The molecule has 178 valence electrons. The number of hydrogen-bond donors (Lipinski definition) is 0. The summed E-state index contributed by atoms with van der Waals surface area (Å²) in [7, 11) is 4.21. The van der Waals surface area contributed by atoms with E-state index in [1.165, 1.54) is 38.8 Å². The Balaban J connectivity index is 1.24. The van der Waals surface area contributed by atoms with Crippen LogP contribution in [0.25, 0.3) is 0 Å². The van der Waals surface area contributed by atoms with Gasteiger partial charge in [0.15, 0.2) is 0 Å². The lowest BCUT2D eigenvalue weighted by Crippen LogP contribution is -2.45. The summed E-state index contributed by atoms with van der Waals surface area (Å²) in [6.45, 7) is 7.64. The van der Waals surface area contributed by atoms with Gasteiger partial charge in [-0.2, -0.15) is 5.06 Å². The molecule has 0 radical (unpaired) electrons. The van der Waals surface area contributed by atoms with Crippen molar-refractivity contribution in [3.63, 3.8) is 0 Å². The predicted octanol–water partition coefficient (Wildman–Crippen LogP) is 2.67. The molecule has 32 heavy (non-hydrogen) atoms. The third-order valence-corrected chi connectivity index (χ3v) is 7.46. The van der Waals surface area contributed by atoms with Crippen molar-refractivity contribution in [1.82, 2.24) is 19.8 Å². The summed E-state index contributed by atoms with van der Waals surface area (Å²) in [5.74, 6) is 0.925. The molecule has 1 aliphatic carbocycles. The van der Waals surface area contributed by atoms with Crippen LogP contribution >= 0.6 is 0 Å². The van der Waals surface area contributed by atoms with Crippen LogP contribution in [-0.2, 0) is 22.5 Å². The first-order valence-electron chi connectivity index (χ1n) is 12.7. The number of likely N-dealkylation sites (tertiary alicyclic amines) is 1. The molecule has 2 saturated heterocycles. The minimum absolute atomic E-state index is 0.299.